The van der Waals surface area contributed by atoms with Crippen LogP contribution in [0.2, 0.25) is 0 Å². The summed E-state index contributed by atoms with van der Waals surface area (Å²) < 4.78 is 5.99. The maximum atomic E-state index is 10.7. The zero-order chi connectivity index (χ0) is 18.5. The number of ether oxygens (including phenoxy) is 1. The lowest BCUT2D eigenvalue weighted by Gasteiger charge is -2.14. The molecule has 0 fully saturated rings. The van der Waals surface area contributed by atoms with Crippen molar-refractivity contribution < 1.29 is 14.6 Å². The van der Waals surface area contributed by atoms with Gasteiger partial charge in [0.1, 0.15) is 17.4 Å². The molecule has 5 heteroatoms. The summed E-state index contributed by atoms with van der Waals surface area (Å²) in [5.41, 5.74) is 3.76. The van der Waals surface area contributed by atoms with Crippen LogP contribution in [0.5, 0.6) is 5.75 Å². The second-order valence-electron chi connectivity index (χ2n) is 6.37. The molecule has 0 N–H and O–H groups in total. The summed E-state index contributed by atoms with van der Waals surface area (Å²) >= 11 is 1.43. The summed E-state index contributed by atoms with van der Waals surface area (Å²) in [6.45, 7) is 4.80. The highest BCUT2D eigenvalue weighted by Crippen LogP contribution is 2.27. The number of para-hydroxylation sites is 1. The Kier molecular flexibility index (Phi) is 5.68. The molecule has 3 rings (SSSR count). The van der Waals surface area contributed by atoms with Crippen molar-refractivity contribution in [2.75, 3.05) is 0 Å². The highest BCUT2D eigenvalue weighted by atomic mass is 32.1. The van der Waals surface area contributed by atoms with Crippen LogP contribution in [0.1, 0.15) is 36.6 Å². The lowest BCUT2D eigenvalue weighted by Crippen LogP contribution is -2.24. The van der Waals surface area contributed by atoms with Crippen LogP contribution < -0.4 is 9.84 Å². The molecule has 26 heavy (non-hydrogen) atoms. The SMILES string of the molecule is CC(C)c1ccccc1OCc1ccc(-c2nc(CC(=O)[O-])cs2)cc1. The van der Waals surface area contributed by atoms with Gasteiger partial charge in [0.15, 0.2) is 0 Å². The highest BCUT2D eigenvalue weighted by Gasteiger charge is 2.08. The fraction of sp³-hybridized carbons (Fsp3) is 0.238. The van der Waals surface area contributed by atoms with E-state index in [1.165, 1.54) is 16.9 Å². The number of carboxylic acids is 1. The van der Waals surface area contributed by atoms with E-state index in [0.717, 1.165) is 21.9 Å². The molecule has 0 aliphatic carbocycles. The summed E-state index contributed by atoms with van der Waals surface area (Å²) in [5, 5.41) is 13.2. The minimum atomic E-state index is -1.11. The van der Waals surface area contributed by atoms with Crippen LogP contribution in [0, 0.1) is 0 Å². The number of thiazole rings is 1. The smallest absolute Gasteiger partial charge is 0.123 e. The number of rotatable bonds is 7. The average molecular weight is 366 g/mol. The van der Waals surface area contributed by atoms with Crippen molar-refractivity contribution in [3.05, 3.63) is 70.7 Å². The highest BCUT2D eigenvalue weighted by molar-refractivity contribution is 7.13. The number of benzene rings is 2. The van der Waals surface area contributed by atoms with Gasteiger partial charge in [-0.2, -0.15) is 0 Å². The van der Waals surface area contributed by atoms with Gasteiger partial charge < -0.3 is 14.6 Å². The molecule has 0 saturated carbocycles. The Bertz CT molecular complexity index is 884. The molecule has 1 heterocycles. The van der Waals surface area contributed by atoms with E-state index in [1.54, 1.807) is 5.38 Å². The molecule has 0 unspecified atom stereocenters. The minimum Gasteiger partial charge on any atom is -0.550 e. The van der Waals surface area contributed by atoms with Crippen molar-refractivity contribution in [1.29, 1.82) is 0 Å². The molecule has 0 saturated heterocycles. The molecule has 0 bridgehead atoms. The fourth-order valence-corrected chi connectivity index (χ4v) is 3.49. The first-order valence-electron chi connectivity index (χ1n) is 8.48. The van der Waals surface area contributed by atoms with Crippen molar-refractivity contribution in [2.45, 2.75) is 32.8 Å². The summed E-state index contributed by atoms with van der Waals surface area (Å²) in [6.07, 6.45) is -0.155. The monoisotopic (exact) mass is 366 g/mol. The first kappa shape index (κ1) is 18.1. The largest absolute Gasteiger partial charge is 0.550 e. The van der Waals surface area contributed by atoms with Crippen LogP contribution in [0.25, 0.3) is 10.6 Å². The fourth-order valence-electron chi connectivity index (χ4n) is 2.66. The van der Waals surface area contributed by atoms with Gasteiger partial charge in [0, 0.05) is 23.3 Å². The zero-order valence-corrected chi connectivity index (χ0v) is 15.6. The second kappa shape index (κ2) is 8.15. The molecule has 1 aromatic heterocycles. The minimum absolute atomic E-state index is 0.155. The number of aliphatic carboxylic acids is 1. The molecular weight excluding hydrogens is 346 g/mol. The summed E-state index contributed by atoms with van der Waals surface area (Å²) in [6, 6.07) is 16.1. The maximum absolute atomic E-state index is 10.7. The molecule has 0 atom stereocenters. The molecule has 134 valence electrons. The molecular formula is C21H20NO3S-. The van der Waals surface area contributed by atoms with Crippen LogP contribution in [0.4, 0.5) is 0 Å². The maximum Gasteiger partial charge on any atom is 0.123 e. The van der Waals surface area contributed by atoms with Crippen molar-refractivity contribution in [2.24, 2.45) is 0 Å². The summed E-state index contributed by atoms with van der Waals surface area (Å²) in [5.74, 6) is 0.211. The Morgan fingerprint density at radius 3 is 2.58 bits per heavy atom. The Morgan fingerprint density at radius 2 is 1.88 bits per heavy atom. The third kappa shape index (κ3) is 4.49. The first-order chi connectivity index (χ1) is 12.5. The van der Waals surface area contributed by atoms with E-state index < -0.39 is 5.97 Å². The number of aromatic nitrogens is 1. The van der Waals surface area contributed by atoms with E-state index in [9.17, 15) is 9.90 Å². The van der Waals surface area contributed by atoms with E-state index in [2.05, 4.69) is 24.9 Å². The molecule has 2 aromatic carbocycles. The number of hydrogen-bond acceptors (Lipinski definition) is 5. The molecule has 0 spiro atoms. The second-order valence-corrected chi connectivity index (χ2v) is 7.23. The third-order valence-corrected chi connectivity index (χ3v) is 4.95. The van der Waals surface area contributed by atoms with E-state index in [4.69, 9.17) is 4.74 Å². The predicted octanol–water partition coefficient (Wildman–Crippen LogP) is 3.80. The number of carbonyl (C=O) groups is 1. The van der Waals surface area contributed by atoms with E-state index in [0.29, 0.717) is 18.2 Å². The van der Waals surface area contributed by atoms with Crippen LogP contribution in [-0.4, -0.2) is 11.0 Å². The molecule has 0 amide bonds. The summed E-state index contributed by atoms with van der Waals surface area (Å²) in [7, 11) is 0. The van der Waals surface area contributed by atoms with Crippen LogP contribution >= 0.6 is 11.3 Å². The van der Waals surface area contributed by atoms with Crippen molar-refractivity contribution in [3.63, 3.8) is 0 Å². The van der Waals surface area contributed by atoms with Gasteiger partial charge in [0.25, 0.3) is 0 Å². The van der Waals surface area contributed by atoms with E-state index >= 15 is 0 Å². The molecule has 0 aliphatic heterocycles. The number of carbonyl (C=O) groups excluding carboxylic acids is 1. The lowest BCUT2D eigenvalue weighted by molar-refractivity contribution is -0.304. The van der Waals surface area contributed by atoms with Gasteiger partial charge in [-0.15, -0.1) is 11.3 Å². The molecule has 4 nitrogen and oxygen atoms in total. The Hall–Kier alpha value is -2.66. The Labute approximate surface area is 157 Å². The first-order valence-corrected chi connectivity index (χ1v) is 9.36. The van der Waals surface area contributed by atoms with Crippen molar-refractivity contribution in [1.82, 2.24) is 4.98 Å². The van der Waals surface area contributed by atoms with Gasteiger partial charge in [-0.1, -0.05) is 56.3 Å². The third-order valence-electron chi connectivity index (χ3n) is 4.01. The topological polar surface area (TPSA) is 62.2 Å². The van der Waals surface area contributed by atoms with E-state index in [1.807, 2.05) is 42.5 Å². The van der Waals surface area contributed by atoms with Crippen LogP contribution in [-0.2, 0) is 17.8 Å². The quantitative estimate of drug-likeness (QED) is 0.638. The van der Waals surface area contributed by atoms with Gasteiger partial charge in [0.05, 0.1) is 5.69 Å². The zero-order valence-electron chi connectivity index (χ0n) is 14.8. The standard InChI is InChI=1S/C21H21NO3S/c1-14(2)18-5-3-4-6-19(18)25-12-15-7-9-16(10-8-15)21-22-17(13-26-21)11-20(23)24/h3-10,13-14H,11-12H2,1-2H3,(H,23,24)/p-1. The number of carboxylic acid groups (broad SMARTS) is 1. The average Bonchev–Trinajstić information content (AvgIpc) is 3.08. The normalized spacial score (nSPS) is 10.9. The van der Waals surface area contributed by atoms with E-state index in [-0.39, 0.29) is 6.42 Å². The van der Waals surface area contributed by atoms with Gasteiger partial charge in [-0.25, -0.2) is 4.98 Å². The van der Waals surface area contributed by atoms with Crippen molar-refractivity contribution >= 4 is 17.3 Å². The van der Waals surface area contributed by atoms with Crippen molar-refractivity contribution in [3.8, 4) is 16.3 Å². The van der Waals surface area contributed by atoms with Gasteiger partial charge in [-0.3, -0.25) is 0 Å². The number of nitrogens with zero attached hydrogens (tertiary/aromatic N) is 1. The molecule has 0 radical (unpaired) electrons. The van der Waals surface area contributed by atoms with Gasteiger partial charge in [-0.05, 0) is 23.1 Å². The van der Waals surface area contributed by atoms with Gasteiger partial charge >= 0.3 is 0 Å². The van der Waals surface area contributed by atoms with Crippen LogP contribution in [0.3, 0.4) is 0 Å². The van der Waals surface area contributed by atoms with Gasteiger partial charge in [0.2, 0.25) is 0 Å². The van der Waals surface area contributed by atoms with Crippen LogP contribution in [0.15, 0.2) is 53.9 Å². The molecule has 0 aliphatic rings. The molecule has 3 aromatic rings. The Balaban J connectivity index is 1.67. The predicted molar refractivity (Wildman–Crippen MR) is 101 cm³/mol. The Morgan fingerprint density at radius 1 is 1.15 bits per heavy atom. The summed E-state index contributed by atoms with van der Waals surface area (Å²) in [4.78, 5) is 15.0. The number of hydrogen-bond donors (Lipinski definition) is 0. The lowest BCUT2D eigenvalue weighted by atomic mass is 10.0.